The normalized spacial score (nSPS) is 10.6. The molecule has 7 nitrogen and oxygen atoms in total. The smallest absolute Gasteiger partial charge is 0.343 e. The van der Waals surface area contributed by atoms with Gasteiger partial charge in [0.05, 0.1) is 18.3 Å². The minimum absolute atomic E-state index is 0.253. The van der Waals surface area contributed by atoms with Crippen molar-refractivity contribution in [3.8, 4) is 5.75 Å². The number of hydrogen-bond donors (Lipinski definition) is 2. The van der Waals surface area contributed by atoms with Gasteiger partial charge in [0.1, 0.15) is 5.75 Å². The highest BCUT2D eigenvalue weighted by Gasteiger charge is 2.12. The largest absolute Gasteiger partial charge is 0.422 e. The van der Waals surface area contributed by atoms with Gasteiger partial charge in [-0.15, -0.1) is 0 Å². The van der Waals surface area contributed by atoms with Gasteiger partial charge in [-0.05, 0) is 48.5 Å². The maximum Gasteiger partial charge on any atom is 0.343 e. The van der Waals surface area contributed by atoms with Crippen LogP contribution in [0.2, 0.25) is 0 Å². The molecule has 0 aliphatic carbocycles. The van der Waals surface area contributed by atoms with Crippen molar-refractivity contribution in [2.24, 2.45) is 5.10 Å². The lowest BCUT2D eigenvalue weighted by Crippen LogP contribution is -2.34. The Labute approximate surface area is 201 Å². The van der Waals surface area contributed by atoms with E-state index in [-0.39, 0.29) is 18.2 Å². The van der Waals surface area contributed by atoms with Gasteiger partial charge in [-0.1, -0.05) is 56.1 Å². The summed E-state index contributed by atoms with van der Waals surface area (Å²) in [6, 6.07) is 20.4. The fraction of sp³-hybridized carbons (Fsp3) is 0.0435. The number of hydrazone groups is 1. The lowest BCUT2D eigenvalue weighted by Gasteiger charge is -2.08. The summed E-state index contributed by atoms with van der Waals surface area (Å²) in [7, 11) is 0. The van der Waals surface area contributed by atoms with Gasteiger partial charge in [0.25, 0.3) is 11.8 Å². The number of carbonyl (C=O) groups excluding carboxylic acids is 3. The molecule has 2 amide bonds. The fourth-order valence-electron chi connectivity index (χ4n) is 2.55. The lowest BCUT2D eigenvalue weighted by atomic mass is 10.2. The average molecular weight is 559 g/mol. The van der Waals surface area contributed by atoms with Crippen LogP contribution in [0.15, 0.2) is 86.8 Å². The van der Waals surface area contributed by atoms with E-state index in [1.54, 1.807) is 72.8 Å². The summed E-state index contributed by atoms with van der Waals surface area (Å²) in [4.78, 5) is 36.4. The van der Waals surface area contributed by atoms with E-state index in [0.717, 1.165) is 8.95 Å². The van der Waals surface area contributed by atoms with Crippen molar-refractivity contribution in [2.75, 3.05) is 6.54 Å². The third kappa shape index (κ3) is 6.86. The molecule has 3 aromatic carbocycles. The third-order valence-corrected chi connectivity index (χ3v) is 5.06. The predicted octanol–water partition coefficient (Wildman–Crippen LogP) is 4.31. The molecule has 0 saturated heterocycles. The summed E-state index contributed by atoms with van der Waals surface area (Å²) in [5.41, 5.74) is 3.64. The summed E-state index contributed by atoms with van der Waals surface area (Å²) in [6.07, 6.45) is 1.35. The van der Waals surface area contributed by atoms with E-state index >= 15 is 0 Å². The number of nitrogens with zero attached hydrogens (tertiary/aromatic N) is 1. The maximum atomic E-state index is 12.3. The predicted molar refractivity (Wildman–Crippen MR) is 128 cm³/mol. The first-order chi connectivity index (χ1) is 15.4. The van der Waals surface area contributed by atoms with Crippen LogP contribution < -0.4 is 15.5 Å². The molecule has 0 unspecified atom stereocenters. The third-order valence-electron chi connectivity index (χ3n) is 4.07. The summed E-state index contributed by atoms with van der Waals surface area (Å²) < 4.78 is 6.96. The molecule has 32 heavy (non-hydrogen) atoms. The zero-order valence-electron chi connectivity index (χ0n) is 16.5. The average Bonchev–Trinajstić information content (AvgIpc) is 2.79. The quantitative estimate of drug-likeness (QED) is 0.195. The van der Waals surface area contributed by atoms with Crippen LogP contribution in [-0.4, -0.2) is 30.5 Å². The number of benzene rings is 3. The number of amides is 2. The van der Waals surface area contributed by atoms with E-state index in [0.29, 0.717) is 16.7 Å². The fourth-order valence-corrected chi connectivity index (χ4v) is 3.33. The number of esters is 1. The molecule has 0 atom stereocenters. The lowest BCUT2D eigenvalue weighted by molar-refractivity contribution is -0.120. The molecular formula is C23H17Br2N3O4. The minimum atomic E-state index is -0.512. The highest BCUT2D eigenvalue weighted by Crippen LogP contribution is 2.23. The van der Waals surface area contributed by atoms with Crippen LogP contribution in [0.4, 0.5) is 0 Å². The second kappa shape index (κ2) is 11.4. The first-order valence-corrected chi connectivity index (χ1v) is 10.9. The van der Waals surface area contributed by atoms with Crippen molar-refractivity contribution in [3.05, 3.63) is 98.4 Å². The molecule has 0 aromatic heterocycles. The van der Waals surface area contributed by atoms with Gasteiger partial charge in [0.15, 0.2) is 0 Å². The van der Waals surface area contributed by atoms with Crippen LogP contribution in [0.1, 0.15) is 26.3 Å². The van der Waals surface area contributed by atoms with E-state index in [1.165, 1.54) is 6.21 Å². The SMILES string of the molecule is O=C(CNC(=O)c1cccc(Br)c1)NN=Cc1cc(Br)ccc1OC(=O)c1ccccc1. The zero-order valence-corrected chi connectivity index (χ0v) is 19.7. The molecule has 0 radical (unpaired) electrons. The first-order valence-electron chi connectivity index (χ1n) is 9.35. The summed E-state index contributed by atoms with van der Waals surface area (Å²) in [5, 5.41) is 6.41. The second-order valence-corrected chi connectivity index (χ2v) is 8.26. The molecule has 0 fully saturated rings. The van der Waals surface area contributed by atoms with Gasteiger partial charge in [-0.3, -0.25) is 9.59 Å². The van der Waals surface area contributed by atoms with Gasteiger partial charge >= 0.3 is 5.97 Å². The Morgan fingerprint density at radius 3 is 2.34 bits per heavy atom. The molecule has 0 bridgehead atoms. The standard InChI is InChI=1S/C23H17Br2N3O4/c24-18-8-4-7-16(11-18)22(30)26-14-21(29)28-27-13-17-12-19(25)9-10-20(17)32-23(31)15-5-2-1-3-6-15/h1-13H,14H2,(H,26,30)(H,28,29). The second-order valence-electron chi connectivity index (χ2n) is 6.42. The van der Waals surface area contributed by atoms with Crippen LogP contribution >= 0.6 is 31.9 Å². The molecule has 162 valence electrons. The van der Waals surface area contributed by atoms with Crippen LogP contribution in [0.3, 0.4) is 0 Å². The first kappa shape index (κ1) is 23.4. The van der Waals surface area contributed by atoms with Crippen molar-refractivity contribution in [1.29, 1.82) is 0 Å². The van der Waals surface area contributed by atoms with Gasteiger partial charge in [0.2, 0.25) is 0 Å². The Morgan fingerprint density at radius 1 is 0.875 bits per heavy atom. The Hall–Kier alpha value is -3.30. The molecule has 0 spiro atoms. The Balaban J connectivity index is 1.58. The van der Waals surface area contributed by atoms with Gasteiger partial charge in [0, 0.05) is 20.1 Å². The number of hydrogen-bond acceptors (Lipinski definition) is 5. The van der Waals surface area contributed by atoms with Crippen molar-refractivity contribution in [2.45, 2.75) is 0 Å². The number of nitrogens with one attached hydrogen (secondary N) is 2. The molecule has 9 heteroatoms. The highest BCUT2D eigenvalue weighted by molar-refractivity contribution is 9.10. The molecule has 3 rings (SSSR count). The van der Waals surface area contributed by atoms with E-state index in [2.05, 4.69) is 47.7 Å². The zero-order chi connectivity index (χ0) is 22.9. The van der Waals surface area contributed by atoms with Crippen LogP contribution in [-0.2, 0) is 4.79 Å². The van der Waals surface area contributed by atoms with Crippen molar-refractivity contribution >= 4 is 55.9 Å². The van der Waals surface area contributed by atoms with E-state index < -0.39 is 11.9 Å². The maximum absolute atomic E-state index is 12.3. The molecule has 0 aliphatic heterocycles. The Morgan fingerprint density at radius 2 is 1.59 bits per heavy atom. The van der Waals surface area contributed by atoms with E-state index in [1.807, 2.05) is 0 Å². The minimum Gasteiger partial charge on any atom is -0.422 e. The number of halogens is 2. The van der Waals surface area contributed by atoms with Crippen LogP contribution in [0.25, 0.3) is 0 Å². The van der Waals surface area contributed by atoms with Crippen molar-refractivity contribution in [3.63, 3.8) is 0 Å². The van der Waals surface area contributed by atoms with Gasteiger partial charge in [-0.25, -0.2) is 10.2 Å². The van der Waals surface area contributed by atoms with Crippen molar-refractivity contribution < 1.29 is 19.1 Å². The molecule has 3 aromatic rings. The van der Waals surface area contributed by atoms with E-state index in [9.17, 15) is 14.4 Å². The van der Waals surface area contributed by atoms with Crippen molar-refractivity contribution in [1.82, 2.24) is 10.7 Å². The Kier molecular flexibility index (Phi) is 8.29. The summed E-state index contributed by atoms with van der Waals surface area (Å²) in [5.74, 6) is -1.13. The Bertz CT molecular complexity index is 1170. The molecule has 0 saturated carbocycles. The van der Waals surface area contributed by atoms with Gasteiger partial charge < -0.3 is 10.1 Å². The number of ether oxygens (including phenoxy) is 1. The van der Waals surface area contributed by atoms with Crippen LogP contribution in [0.5, 0.6) is 5.75 Å². The summed E-state index contributed by atoms with van der Waals surface area (Å²) >= 11 is 6.65. The molecule has 0 heterocycles. The van der Waals surface area contributed by atoms with Crippen LogP contribution in [0, 0.1) is 0 Å². The molecule has 0 aliphatic rings. The highest BCUT2D eigenvalue weighted by atomic mass is 79.9. The topological polar surface area (TPSA) is 96.9 Å². The van der Waals surface area contributed by atoms with E-state index in [4.69, 9.17) is 4.74 Å². The summed E-state index contributed by atoms with van der Waals surface area (Å²) in [6.45, 7) is -0.253. The molecular weight excluding hydrogens is 542 g/mol. The van der Waals surface area contributed by atoms with Gasteiger partial charge in [-0.2, -0.15) is 5.10 Å². The molecule has 2 N–H and O–H groups in total. The number of carbonyl (C=O) groups is 3. The number of rotatable bonds is 7. The monoisotopic (exact) mass is 557 g/mol.